The molecule has 1 aromatic heterocycles. The predicted octanol–water partition coefficient (Wildman–Crippen LogP) is 5.34. The Morgan fingerprint density at radius 1 is 1.08 bits per heavy atom. The third kappa shape index (κ3) is 7.18. The maximum Gasteiger partial charge on any atom is 0.406 e. The van der Waals surface area contributed by atoms with Crippen molar-refractivity contribution in [3.05, 3.63) is 59.4 Å². The summed E-state index contributed by atoms with van der Waals surface area (Å²) in [5, 5.41) is 3.42. The molecule has 0 radical (unpaired) electrons. The standard InChI is InChI=1S/C26H28F6N4O2/c1-2-38-20-8-5-17(6-9-20)12-23-34-21-13-18(7-10-22(21)36(23)14-19-4-3-11-33-19)24(37)35(15-25(27,28)29)16-26(30,31)32/h5-10,13,19,33H,2-4,11-12,14-16H2,1H3/t19-/m1/s1. The van der Waals surface area contributed by atoms with Crippen molar-refractivity contribution in [3.8, 4) is 5.75 Å². The van der Waals surface area contributed by atoms with Gasteiger partial charge in [0.1, 0.15) is 24.7 Å². The number of carbonyl (C=O) groups excluding carboxylic acids is 1. The van der Waals surface area contributed by atoms with Gasteiger partial charge in [0.15, 0.2) is 0 Å². The van der Waals surface area contributed by atoms with Crippen LogP contribution in [0.2, 0.25) is 0 Å². The molecule has 1 amide bonds. The number of benzene rings is 2. The van der Waals surface area contributed by atoms with Crippen LogP contribution in [0, 0.1) is 0 Å². The number of aromatic nitrogens is 2. The van der Waals surface area contributed by atoms with Gasteiger partial charge in [0, 0.05) is 24.6 Å². The van der Waals surface area contributed by atoms with Crippen LogP contribution >= 0.6 is 0 Å². The highest BCUT2D eigenvalue weighted by molar-refractivity contribution is 5.97. The van der Waals surface area contributed by atoms with Crippen molar-refractivity contribution in [1.29, 1.82) is 0 Å². The second-order valence-corrected chi connectivity index (χ2v) is 9.28. The lowest BCUT2D eigenvalue weighted by molar-refractivity contribution is -0.171. The first kappa shape index (κ1) is 27.7. The molecule has 6 nitrogen and oxygen atoms in total. The molecule has 1 aliphatic heterocycles. The topological polar surface area (TPSA) is 59.4 Å². The molecule has 0 saturated carbocycles. The molecule has 206 valence electrons. The second kappa shape index (κ2) is 11.2. The van der Waals surface area contributed by atoms with Crippen LogP contribution in [0.3, 0.4) is 0 Å². The number of nitrogens with one attached hydrogen (secondary N) is 1. The van der Waals surface area contributed by atoms with E-state index in [1.807, 2.05) is 35.8 Å². The van der Waals surface area contributed by atoms with Crippen molar-refractivity contribution < 1.29 is 35.9 Å². The Hall–Kier alpha value is -3.28. The lowest BCUT2D eigenvalue weighted by Crippen LogP contribution is -2.44. The highest BCUT2D eigenvalue weighted by atomic mass is 19.4. The minimum Gasteiger partial charge on any atom is -0.494 e. The number of imidazole rings is 1. The van der Waals surface area contributed by atoms with Crippen LogP contribution in [-0.4, -0.2) is 65.0 Å². The fourth-order valence-corrected chi connectivity index (χ4v) is 4.65. The Morgan fingerprint density at radius 3 is 2.34 bits per heavy atom. The number of fused-ring (bicyclic) bond motifs is 1. The third-order valence-corrected chi connectivity index (χ3v) is 6.26. The van der Waals surface area contributed by atoms with E-state index in [1.54, 1.807) is 0 Å². The summed E-state index contributed by atoms with van der Waals surface area (Å²) < 4.78 is 85.1. The molecule has 0 spiro atoms. The van der Waals surface area contributed by atoms with Gasteiger partial charge < -0.3 is 19.5 Å². The SMILES string of the molecule is CCOc1ccc(Cc2nc3cc(C(=O)N(CC(F)(F)F)CC(F)(F)F)ccc3n2C[C@H]2CCCN2)cc1. The zero-order valence-electron chi connectivity index (χ0n) is 20.7. The summed E-state index contributed by atoms with van der Waals surface area (Å²) in [7, 11) is 0. The molecule has 0 bridgehead atoms. The molecule has 1 atom stereocenters. The van der Waals surface area contributed by atoms with E-state index < -0.39 is 31.3 Å². The first-order chi connectivity index (χ1) is 17.9. The molecule has 0 unspecified atom stereocenters. The van der Waals surface area contributed by atoms with Crippen molar-refractivity contribution in [1.82, 2.24) is 19.8 Å². The molecular weight excluding hydrogens is 514 g/mol. The fraction of sp³-hybridized carbons (Fsp3) is 0.462. The zero-order chi connectivity index (χ0) is 27.5. The van der Waals surface area contributed by atoms with Gasteiger partial charge in [-0.25, -0.2) is 4.98 Å². The van der Waals surface area contributed by atoms with E-state index in [2.05, 4.69) is 10.3 Å². The first-order valence-electron chi connectivity index (χ1n) is 12.3. The van der Waals surface area contributed by atoms with E-state index >= 15 is 0 Å². The Labute approximate surface area is 215 Å². The Balaban J connectivity index is 1.67. The van der Waals surface area contributed by atoms with Crippen LogP contribution in [0.25, 0.3) is 11.0 Å². The summed E-state index contributed by atoms with van der Waals surface area (Å²) in [5.74, 6) is 0.0388. The van der Waals surface area contributed by atoms with Gasteiger partial charge in [-0.3, -0.25) is 4.79 Å². The van der Waals surface area contributed by atoms with Crippen LogP contribution < -0.4 is 10.1 Å². The number of amides is 1. The van der Waals surface area contributed by atoms with Crippen LogP contribution in [-0.2, 0) is 13.0 Å². The molecule has 4 rings (SSSR count). The van der Waals surface area contributed by atoms with Gasteiger partial charge in [0.25, 0.3) is 5.91 Å². The molecule has 1 N–H and O–H groups in total. The van der Waals surface area contributed by atoms with E-state index in [4.69, 9.17) is 4.74 Å². The molecule has 2 aromatic carbocycles. The van der Waals surface area contributed by atoms with Crippen molar-refractivity contribution in [2.45, 2.75) is 51.1 Å². The summed E-state index contributed by atoms with van der Waals surface area (Å²) in [5.41, 5.74) is 1.63. The molecule has 2 heterocycles. The number of nitrogens with zero attached hydrogens (tertiary/aromatic N) is 3. The van der Waals surface area contributed by atoms with E-state index in [0.717, 1.165) is 30.7 Å². The highest BCUT2D eigenvalue weighted by Crippen LogP contribution is 2.26. The van der Waals surface area contributed by atoms with Gasteiger partial charge in [-0.15, -0.1) is 0 Å². The maximum absolute atomic E-state index is 12.9. The zero-order valence-corrected chi connectivity index (χ0v) is 20.7. The molecule has 12 heteroatoms. The summed E-state index contributed by atoms with van der Waals surface area (Å²) >= 11 is 0. The van der Waals surface area contributed by atoms with Crippen molar-refractivity contribution in [2.24, 2.45) is 0 Å². The highest BCUT2D eigenvalue weighted by Gasteiger charge is 2.40. The predicted molar refractivity (Wildman–Crippen MR) is 129 cm³/mol. The average molecular weight is 543 g/mol. The monoisotopic (exact) mass is 542 g/mol. The van der Waals surface area contributed by atoms with E-state index in [-0.39, 0.29) is 16.5 Å². The van der Waals surface area contributed by atoms with Crippen LogP contribution in [0.4, 0.5) is 26.3 Å². The number of hydrogen-bond donors (Lipinski definition) is 1. The van der Waals surface area contributed by atoms with Crippen molar-refractivity contribution >= 4 is 16.9 Å². The van der Waals surface area contributed by atoms with Crippen LogP contribution in [0.1, 0.15) is 41.5 Å². The van der Waals surface area contributed by atoms with E-state index in [9.17, 15) is 31.1 Å². The normalized spacial score (nSPS) is 16.2. The van der Waals surface area contributed by atoms with Gasteiger partial charge in [-0.1, -0.05) is 12.1 Å². The maximum atomic E-state index is 12.9. The number of rotatable bonds is 9. The lowest BCUT2D eigenvalue weighted by atomic mass is 10.1. The van der Waals surface area contributed by atoms with Crippen molar-refractivity contribution in [2.75, 3.05) is 26.2 Å². The summed E-state index contributed by atoms with van der Waals surface area (Å²) in [6, 6.07) is 11.7. The summed E-state index contributed by atoms with van der Waals surface area (Å²) in [4.78, 5) is 17.2. The Bertz CT molecular complexity index is 1230. The average Bonchev–Trinajstić information content (AvgIpc) is 3.46. The Kier molecular flexibility index (Phi) is 8.19. The number of hydrogen-bond acceptors (Lipinski definition) is 4. The van der Waals surface area contributed by atoms with E-state index in [0.29, 0.717) is 36.4 Å². The van der Waals surface area contributed by atoms with Crippen molar-refractivity contribution in [3.63, 3.8) is 0 Å². The summed E-state index contributed by atoms with van der Waals surface area (Å²) in [6.45, 7) is -0.114. The van der Waals surface area contributed by atoms with Gasteiger partial charge >= 0.3 is 12.4 Å². The smallest absolute Gasteiger partial charge is 0.406 e. The number of halogens is 6. The molecule has 1 saturated heterocycles. The molecule has 1 fully saturated rings. The van der Waals surface area contributed by atoms with Gasteiger partial charge in [-0.05, 0) is 62.2 Å². The summed E-state index contributed by atoms with van der Waals surface area (Å²) in [6.07, 6.45) is -7.54. The van der Waals surface area contributed by atoms with Crippen LogP contribution in [0.5, 0.6) is 5.75 Å². The quantitative estimate of drug-likeness (QED) is 0.371. The van der Waals surface area contributed by atoms with Gasteiger partial charge in [-0.2, -0.15) is 26.3 Å². The third-order valence-electron chi connectivity index (χ3n) is 6.26. The molecule has 1 aliphatic rings. The fourth-order valence-electron chi connectivity index (χ4n) is 4.65. The first-order valence-corrected chi connectivity index (χ1v) is 12.3. The second-order valence-electron chi connectivity index (χ2n) is 9.28. The molecule has 0 aliphatic carbocycles. The minimum absolute atomic E-state index is 0.196. The molecule has 3 aromatic rings. The number of alkyl halides is 6. The number of ether oxygens (including phenoxy) is 1. The molecule has 38 heavy (non-hydrogen) atoms. The van der Waals surface area contributed by atoms with Gasteiger partial charge in [0.2, 0.25) is 0 Å². The van der Waals surface area contributed by atoms with E-state index in [1.165, 1.54) is 18.2 Å². The van der Waals surface area contributed by atoms with Gasteiger partial charge in [0.05, 0.1) is 17.6 Å². The largest absolute Gasteiger partial charge is 0.494 e. The molecular formula is C26H28F6N4O2. The number of carbonyl (C=O) groups is 1. The Morgan fingerprint density at radius 2 is 1.76 bits per heavy atom. The van der Waals surface area contributed by atoms with Crippen LogP contribution in [0.15, 0.2) is 42.5 Å². The lowest BCUT2D eigenvalue weighted by Gasteiger charge is -2.25. The minimum atomic E-state index is -4.98.